The molecule has 4 fully saturated rings. The Morgan fingerprint density at radius 3 is 2.38 bits per heavy atom. The molecule has 1 aromatic carbocycles. The average molecular weight is 752 g/mol. The van der Waals surface area contributed by atoms with Crippen LogP contribution in [-0.4, -0.2) is 95.5 Å². The van der Waals surface area contributed by atoms with Crippen LogP contribution in [0.5, 0.6) is 0 Å². The van der Waals surface area contributed by atoms with Crippen molar-refractivity contribution in [1.82, 2.24) is 24.7 Å². The van der Waals surface area contributed by atoms with Gasteiger partial charge in [-0.15, -0.1) is 6.58 Å². The summed E-state index contributed by atoms with van der Waals surface area (Å²) in [5.41, 5.74) is 2.09. The molecule has 3 aliphatic heterocycles. The zero-order valence-corrected chi connectivity index (χ0v) is 32.2. The van der Waals surface area contributed by atoms with Gasteiger partial charge in [0.05, 0.1) is 17.8 Å². The molecule has 2 N–H and O–H groups in total. The van der Waals surface area contributed by atoms with Crippen molar-refractivity contribution in [2.24, 2.45) is 11.8 Å². The highest BCUT2D eigenvalue weighted by Crippen LogP contribution is 2.46. The fourth-order valence-electron chi connectivity index (χ4n) is 9.38. The Morgan fingerprint density at radius 1 is 0.962 bits per heavy atom. The molecule has 53 heavy (non-hydrogen) atoms. The van der Waals surface area contributed by atoms with Crippen molar-refractivity contribution in [3.8, 4) is 0 Å². The van der Waals surface area contributed by atoms with Gasteiger partial charge < -0.3 is 15.0 Å². The van der Waals surface area contributed by atoms with E-state index in [1.807, 2.05) is 7.05 Å². The highest BCUT2D eigenvalue weighted by Gasteiger charge is 2.62. The second-order valence-corrected chi connectivity index (χ2v) is 18.6. The molecule has 6 atom stereocenters. The number of sulfonamides is 1. The maximum atomic E-state index is 15.0. The Balaban J connectivity index is 1.17. The van der Waals surface area contributed by atoms with Crippen molar-refractivity contribution in [3.63, 3.8) is 0 Å². The summed E-state index contributed by atoms with van der Waals surface area (Å²) in [5.74, 6) is -1.84. The van der Waals surface area contributed by atoms with E-state index in [-0.39, 0.29) is 37.3 Å². The van der Waals surface area contributed by atoms with Gasteiger partial charge in [0.2, 0.25) is 21.8 Å². The summed E-state index contributed by atoms with van der Waals surface area (Å²) in [4.78, 5) is 62.2. The van der Waals surface area contributed by atoms with Crippen LogP contribution in [-0.2, 0) is 48.7 Å². The minimum Gasteiger partial charge on any atom is -0.444 e. The molecule has 0 unspecified atom stereocenters. The van der Waals surface area contributed by atoms with Gasteiger partial charge in [0.15, 0.2) is 0 Å². The molecule has 12 nitrogen and oxygen atoms in total. The quantitative estimate of drug-likeness (QED) is 0.386. The van der Waals surface area contributed by atoms with E-state index in [2.05, 4.69) is 46.6 Å². The Bertz CT molecular complexity index is 1710. The number of aryl methyl sites for hydroxylation is 1. The van der Waals surface area contributed by atoms with E-state index in [0.29, 0.717) is 25.9 Å². The number of likely N-dealkylation sites (N-methyl/N-ethyl adjacent to an activating group) is 1. The topological polar surface area (TPSA) is 145 Å². The van der Waals surface area contributed by atoms with Gasteiger partial charge >= 0.3 is 6.09 Å². The number of rotatable bonds is 7. The molecule has 3 saturated carbocycles. The molecule has 3 heterocycles. The maximum absolute atomic E-state index is 15.0. The summed E-state index contributed by atoms with van der Waals surface area (Å²) >= 11 is 0. The van der Waals surface area contributed by atoms with Gasteiger partial charge in [-0.1, -0.05) is 62.8 Å². The average Bonchev–Trinajstić information content (AvgIpc) is 4.03. The Hall–Kier alpha value is -3.45. The number of amides is 4. The number of carbonyl (C=O) groups excluding carboxylic acids is 4. The first-order valence-corrected chi connectivity index (χ1v) is 21.5. The summed E-state index contributed by atoms with van der Waals surface area (Å²) in [7, 11) is -1.83. The largest absolute Gasteiger partial charge is 0.444 e. The number of fused-ring (bicyclic) bond motifs is 3. The van der Waals surface area contributed by atoms with Crippen molar-refractivity contribution in [1.29, 1.82) is 0 Å². The molecular weight excluding hydrogens is 695 g/mol. The Labute approximate surface area is 314 Å². The normalized spacial score (nSPS) is 31.9. The van der Waals surface area contributed by atoms with E-state index >= 15 is 4.79 Å². The molecule has 6 aliphatic rings. The van der Waals surface area contributed by atoms with E-state index in [4.69, 9.17) is 4.74 Å². The number of carbonyl (C=O) groups is 4. The number of nitrogens with one attached hydrogen (secondary N) is 2. The number of hydrogen-bond acceptors (Lipinski definition) is 8. The second kappa shape index (κ2) is 15.4. The third-order valence-electron chi connectivity index (χ3n) is 13.0. The van der Waals surface area contributed by atoms with Crippen LogP contribution in [0.25, 0.3) is 0 Å². The lowest BCUT2D eigenvalue weighted by molar-refractivity contribution is -0.146. The van der Waals surface area contributed by atoms with Gasteiger partial charge in [-0.3, -0.25) is 28.9 Å². The van der Waals surface area contributed by atoms with Gasteiger partial charge in [0.1, 0.15) is 17.7 Å². The molecule has 4 amide bonds. The molecule has 13 heteroatoms. The van der Waals surface area contributed by atoms with E-state index in [1.54, 1.807) is 15.9 Å². The smallest absolute Gasteiger partial charge is 0.410 e. The number of nitrogens with zero attached hydrogens (tertiary/aromatic N) is 3. The lowest BCUT2D eigenvalue weighted by Crippen LogP contribution is -2.59. The number of benzene rings is 1. The van der Waals surface area contributed by atoms with Crippen molar-refractivity contribution in [2.45, 2.75) is 151 Å². The van der Waals surface area contributed by atoms with E-state index in [0.717, 1.165) is 76.2 Å². The fourth-order valence-corrected chi connectivity index (χ4v) is 10.7. The van der Waals surface area contributed by atoms with Gasteiger partial charge in [-0.25, -0.2) is 13.2 Å². The van der Waals surface area contributed by atoms with Gasteiger partial charge in [0, 0.05) is 31.5 Å². The van der Waals surface area contributed by atoms with Crippen LogP contribution < -0.4 is 10.0 Å². The summed E-state index contributed by atoms with van der Waals surface area (Å²) in [6, 6.07) is 4.95. The van der Waals surface area contributed by atoms with Crippen LogP contribution >= 0.6 is 0 Å². The molecule has 290 valence electrons. The molecule has 1 aromatic rings. The Morgan fingerprint density at radius 2 is 1.66 bits per heavy atom. The molecule has 3 aliphatic carbocycles. The third-order valence-corrected chi connectivity index (χ3v) is 14.8. The first-order valence-electron chi connectivity index (χ1n) is 20.0. The summed E-state index contributed by atoms with van der Waals surface area (Å²) in [6.07, 6.45) is 13.0. The predicted molar refractivity (Wildman–Crippen MR) is 200 cm³/mol. The van der Waals surface area contributed by atoms with Crippen LogP contribution in [0.4, 0.5) is 4.79 Å². The standard InChI is InChI=1S/C40H57N5O7S/c1-4-30-22-40(30,38(48)42-53(50,51)32-19-20-32)41-36(46)34-21-31-24-45(34)37(47)35(28-15-10-7-11-16-28)43(3)26(2)13-8-5-6-9-14-27-17-12-18-29-23-44(25-33(27)29)39(49)52-31/h4,12,17-18,26,28,30-32,34-35H,1,5-11,13-16,19-25H2,2-3H3,(H,41,46)(H,42,48)/t26-,30+,31-,34+,35+,40-/m1/s1. The molecule has 7 rings (SSSR count). The lowest BCUT2D eigenvalue weighted by Gasteiger charge is -2.41. The van der Waals surface area contributed by atoms with Gasteiger partial charge in [-0.05, 0) is 87.9 Å². The van der Waals surface area contributed by atoms with Crippen molar-refractivity contribution >= 4 is 33.8 Å². The summed E-state index contributed by atoms with van der Waals surface area (Å²) < 4.78 is 33.8. The first-order chi connectivity index (χ1) is 25.4. The lowest BCUT2D eigenvalue weighted by atomic mass is 9.82. The minimum absolute atomic E-state index is 0.0558. The molecule has 1 saturated heterocycles. The van der Waals surface area contributed by atoms with Gasteiger partial charge in [0.25, 0.3) is 5.91 Å². The zero-order valence-electron chi connectivity index (χ0n) is 31.4. The molecule has 0 radical (unpaired) electrons. The number of ether oxygens (including phenoxy) is 1. The van der Waals surface area contributed by atoms with E-state index in [9.17, 15) is 22.8 Å². The van der Waals surface area contributed by atoms with E-state index in [1.165, 1.54) is 11.1 Å². The minimum atomic E-state index is -3.86. The zero-order chi connectivity index (χ0) is 37.5. The van der Waals surface area contributed by atoms with Crippen LogP contribution in [0.2, 0.25) is 0 Å². The predicted octanol–water partition coefficient (Wildman–Crippen LogP) is 4.55. The third kappa shape index (κ3) is 7.88. The summed E-state index contributed by atoms with van der Waals surface area (Å²) in [5, 5.41) is 2.29. The highest BCUT2D eigenvalue weighted by atomic mass is 32.2. The monoisotopic (exact) mass is 751 g/mol. The highest BCUT2D eigenvalue weighted by molar-refractivity contribution is 7.91. The van der Waals surface area contributed by atoms with Gasteiger partial charge in [-0.2, -0.15) is 0 Å². The van der Waals surface area contributed by atoms with Crippen LogP contribution in [0.1, 0.15) is 114 Å². The van der Waals surface area contributed by atoms with Crippen LogP contribution in [0, 0.1) is 11.8 Å². The van der Waals surface area contributed by atoms with Crippen molar-refractivity contribution in [3.05, 3.63) is 47.5 Å². The van der Waals surface area contributed by atoms with Crippen LogP contribution in [0.3, 0.4) is 0 Å². The van der Waals surface area contributed by atoms with Crippen LogP contribution in [0.15, 0.2) is 30.9 Å². The molecule has 0 aromatic heterocycles. The summed E-state index contributed by atoms with van der Waals surface area (Å²) in [6.45, 7) is 6.96. The maximum Gasteiger partial charge on any atom is 0.410 e. The molecule has 4 bridgehead atoms. The SMILES string of the molecule is C=C[C@H]1C[C@]1(NC(=O)[C@@H]1C[C@@H]2CN1C(=O)[C@H](C1CCCCC1)N(C)[C@H](C)CCCCCCc1cccc3c1CN(C3)C(=O)O2)C(=O)NS(=O)(=O)C1CC1. The number of hydrogen-bond donors (Lipinski definition) is 2. The molecule has 0 spiro atoms. The Kier molecular flexibility index (Phi) is 11.0. The van der Waals surface area contributed by atoms with E-state index < -0.39 is 62.8 Å². The van der Waals surface area contributed by atoms with Crippen molar-refractivity contribution in [2.75, 3.05) is 13.6 Å². The first kappa shape index (κ1) is 37.8. The second-order valence-electron chi connectivity index (χ2n) is 16.7. The molecular formula is C40H57N5O7S. The fraction of sp³-hybridized carbons (Fsp3) is 0.700. The van der Waals surface area contributed by atoms with Crippen molar-refractivity contribution < 1.29 is 32.3 Å².